The lowest BCUT2D eigenvalue weighted by atomic mass is 9.89. The first-order valence-electron chi connectivity index (χ1n) is 9.24. The molecule has 0 aliphatic rings. The fraction of sp³-hybridized carbons (Fsp3) is 0.0833. The molecule has 0 unspecified atom stereocenters. The topological polar surface area (TPSA) is 25.8 Å². The van der Waals surface area contributed by atoms with Gasteiger partial charge in [-0.1, -0.05) is 48.5 Å². The molecule has 0 atom stereocenters. The van der Waals surface area contributed by atoms with Gasteiger partial charge < -0.3 is 0 Å². The third-order valence-corrected chi connectivity index (χ3v) is 7.00. The van der Waals surface area contributed by atoms with Crippen molar-refractivity contribution >= 4 is 55.0 Å². The lowest BCUT2D eigenvalue weighted by Gasteiger charge is -2.15. The molecule has 28 heavy (non-hydrogen) atoms. The second kappa shape index (κ2) is 5.84. The second-order valence-electron chi connectivity index (χ2n) is 7.15. The first kappa shape index (κ1) is 16.2. The van der Waals surface area contributed by atoms with E-state index >= 15 is 0 Å². The van der Waals surface area contributed by atoms with Gasteiger partial charge >= 0.3 is 0 Å². The fourth-order valence-corrected chi connectivity index (χ4v) is 5.45. The molecule has 0 saturated carbocycles. The standard InChI is InChI=1S/C24H16N2S2/c1-13-25-21(11-27-13)17-7-5-15-3-4-16-6-8-18(22-12-28-14(2)26-22)20-10-9-19(17)23(15)24(16)20/h3-12H,1-2H3. The third kappa shape index (κ3) is 2.25. The van der Waals surface area contributed by atoms with Gasteiger partial charge in [0, 0.05) is 21.9 Å². The Labute approximate surface area is 170 Å². The molecule has 0 radical (unpaired) electrons. The van der Waals surface area contributed by atoms with Crippen LogP contribution in [0.5, 0.6) is 0 Å². The van der Waals surface area contributed by atoms with Gasteiger partial charge in [0.1, 0.15) is 0 Å². The number of nitrogens with zero attached hydrogens (tertiary/aromatic N) is 2. The van der Waals surface area contributed by atoms with E-state index in [1.807, 2.05) is 0 Å². The molecule has 0 aliphatic heterocycles. The summed E-state index contributed by atoms with van der Waals surface area (Å²) in [6, 6.07) is 17.9. The third-order valence-electron chi connectivity index (χ3n) is 5.45. The number of benzene rings is 4. The van der Waals surface area contributed by atoms with Crippen LogP contribution < -0.4 is 0 Å². The van der Waals surface area contributed by atoms with Crippen molar-refractivity contribution in [3.05, 3.63) is 69.3 Å². The Kier molecular flexibility index (Phi) is 3.37. The molecule has 0 N–H and O–H groups in total. The summed E-state index contributed by atoms with van der Waals surface area (Å²) in [5.41, 5.74) is 4.55. The van der Waals surface area contributed by atoms with Crippen molar-refractivity contribution in [2.24, 2.45) is 0 Å². The number of hydrogen-bond donors (Lipinski definition) is 0. The Hall–Kier alpha value is -2.82. The van der Waals surface area contributed by atoms with E-state index in [9.17, 15) is 0 Å². The SMILES string of the molecule is Cc1nc(-c2ccc3ccc4ccc(-c5csc(C)n5)c5ccc2c3c45)cs1. The molecular formula is C24H16N2S2. The highest BCUT2D eigenvalue weighted by atomic mass is 32.1. The van der Waals surface area contributed by atoms with Gasteiger partial charge in [-0.2, -0.15) is 0 Å². The summed E-state index contributed by atoms with van der Waals surface area (Å²) < 4.78 is 0. The summed E-state index contributed by atoms with van der Waals surface area (Å²) in [6.07, 6.45) is 0. The van der Waals surface area contributed by atoms with Gasteiger partial charge in [-0.15, -0.1) is 22.7 Å². The lowest BCUT2D eigenvalue weighted by Crippen LogP contribution is -1.89. The Bertz CT molecular complexity index is 1380. The van der Waals surface area contributed by atoms with E-state index in [1.165, 1.54) is 43.4 Å². The number of rotatable bonds is 2. The Morgan fingerprint density at radius 2 is 1.00 bits per heavy atom. The van der Waals surface area contributed by atoms with E-state index < -0.39 is 0 Å². The maximum absolute atomic E-state index is 4.74. The van der Waals surface area contributed by atoms with Crippen LogP contribution in [0.25, 0.3) is 54.8 Å². The second-order valence-corrected chi connectivity index (χ2v) is 9.28. The quantitative estimate of drug-likeness (QED) is 0.284. The van der Waals surface area contributed by atoms with E-state index in [0.29, 0.717) is 0 Å². The van der Waals surface area contributed by atoms with Crippen LogP contribution in [0.2, 0.25) is 0 Å². The predicted octanol–water partition coefficient (Wildman–Crippen LogP) is 7.45. The van der Waals surface area contributed by atoms with Crippen molar-refractivity contribution in [1.29, 1.82) is 0 Å². The molecule has 6 aromatic rings. The number of hydrogen-bond acceptors (Lipinski definition) is 4. The van der Waals surface area contributed by atoms with Gasteiger partial charge in [-0.05, 0) is 46.2 Å². The first-order chi connectivity index (χ1) is 13.7. The van der Waals surface area contributed by atoms with Gasteiger partial charge in [-0.25, -0.2) is 9.97 Å². The average molecular weight is 397 g/mol. The molecule has 6 rings (SSSR count). The van der Waals surface area contributed by atoms with Crippen molar-refractivity contribution in [3.63, 3.8) is 0 Å². The zero-order valence-corrected chi connectivity index (χ0v) is 17.1. The fourth-order valence-electron chi connectivity index (χ4n) is 4.22. The average Bonchev–Trinajstić information content (AvgIpc) is 3.34. The van der Waals surface area contributed by atoms with Crippen LogP contribution in [-0.2, 0) is 0 Å². The first-order valence-corrected chi connectivity index (χ1v) is 11.0. The molecule has 4 heteroatoms. The molecular weight excluding hydrogens is 380 g/mol. The summed E-state index contributed by atoms with van der Waals surface area (Å²) >= 11 is 3.41. The molecule has 2 heterocycles. The zero-order valence-electron chi connectivity index (χ0n) is 15.5. The molecule has 2 nitrogen and oxygen atoms in total. The summed E-state index contributed by atoms with van der Waals surface area (Å²) in [4.78, 5) is 9.48. The zero-order chi connectivity index (χ0) is 18.8. The molecule has 2 aromatic heterocycles. The monoisotopic (exact) mass is 396 g/mol. The van der Waals surface area contributed by atoms with Crippen molar-refractivity contribution in [3.8, 4) is 22.5 Å². The largest absolute Gasteiger partial charge is 0.242 e. The minimum Gasteiger partial charge on any atom is -0.242 e. The van der Waals surface area contributed by atoms with Crippen molar-refractivity contribution in [2.75, 3.05) is 0 Å². The lowest BCUT2D eigenvalue weighted by molar-refractivity contribution is 1.30. The molecule has 0 spiro atoms. The van der Waals surface area contributed by atoms with Crippen LogP contribution in [0.3, 0.4) is 0 Å². The Morgan fingerprint density at radius 1 is 0.571 bits per heavy atom. The number of aromatic nitrogens is 2. The van der Waals surface area contributed by atoms with Crippen molar-refractivity contribution < 1.29 is 0 Å². The van der Waals surface area contributed by atoms with Gasteiger partial charge in [0.05, 0.1) is 21.4 Å². The summed E-state index contributed by atoms with van der Waals surface area (Å²) in [5, 5.41) is 14.3. The van der Waals surface area contributed by atoms with Crippen molar-refractivity contribution in [2.45, 2.75) is 13.8 Å². The van der Waals surface area contributed by atoms with Crippen LogP contribution in [0.4, 0.5) is 0 Å². The van der Waals surface area contributed by atoms with Crippen LogP contribution in [0.15, 0.2) is 59.3 Å². The van der Waals surface area contributed by atoms with Gasteiger partial charge in [0.2, 0.25) is 0 Å². The maximum atomic E-state index is 4.74. The summed E-state index contributed by atoms with van der Waals surface area (Å²) in [6.45, 7) is 4.12. The van der Waals surface area contributed by atoms with Gasteiger partial charge in [0.25, 0.3) is 0 Å². The minimum atomic E-state index is 1.07. The van der Waals surface area contributed by atoms with Crippen LogP contribution in [-0.4, -0.2) is 9.97 Å². The van der Waals surface area contributed by atoms with E-state index in [2.05, 4.69) is 73.1 Å². The normalized spacial score (nSPS) is 11.9. The van der Waals surface area contributed by atoms with E-state index in [0.717, 1.165) is 21.4 Å². The Balaban J connectivity index is 1.76. The summed E-state index contributed by atoms with van der Waals surface area (Å²) in [7, 11) is 0. The van der Waals surface area contributed by atoms with Gasteiger partial charge in [0.15, 0.2) is 0 Å². The minimum absolute atomic E-state index is 1.07. The van der Waals surface area contributed by atoms with Crippen LogP contribution in [0, 0.1) is 13.8 Å². The van der Waals surface area contributed by atoms with Crippen LogP contribution in [0.1, 0.15) is 10.0 Å². The van der Waals surface area contributed by atoms with E-state index in [-0.39, 0.29) is 0 Å². The smallest absolute Gasteiger partial charge is 0.0901 e. The maximum Gasteiger partial charge on any atom is 0.0901 e. The molecule has 0 bridgehead atoms. The highest BCUT2D eigenvalue weighted by molar-refractivity contribution is 7.10. The van der Waals surface area contributed by atoms with Crippen molar-refractivity contribution in [1.82, 2.24) is 9.97 Å². The number of aryl methyl sites for hydroxylation is 2. The molecule has 0 amide bonds. The molecule has 134 valence electrons. The highest BCUT2D eigenvalue weighted by Crippen LogP contribution is 2.42. The predicted molar refractivity (Wildman–Crippen MR) is 122 cm³/mol. The molecule has 0 fully saturated rings. The van der Waals surface area contributed by atoms with E-state index in [1.54, 1.807) is 22.7 Å². The van der Waals surface area contributed by atoms with E-state index in [4.69, 9.17) is 9.97 Å². The Morgan fingerprint density at radius 3 is 1.39 bits per heavy atom. The molecule has 4 aromatic carbocycles. The highest BCUT2D eigenvalue weighted by Gasteiger charge is 2.16. The molecule has 0 aliphatic carbocycles. The van der Waals surface area contributed by atoms with Crippen LogP contribution >= 0.6 is 22.7 Å². The summed E-state index contributed by atoms with van der Waals surface area (Å²) in [5.74, 6) is 0. The molecule has 0 saturated heterocycles. The number of thiazole rings is 2. The van der Waals surface area contributed by atoms with Gasteiger partial charge in [-0.3, -0.25) is 0 Å².